The molecule has 1 saturated carbocycles. The van der Waals surface area contributed by atoms with Gasteiger partial charge in [-0.2, -0.15) is 0 Å². The Kier molecular flexibility index (Phi) is 3.20. The third-order valence-corrected chi connectivity index (χ3v) is 3.88. The van der Waals surface area contributed by atoms with E-state index in [1.165, 1.54) is 31.2 Å². The first-order valence-electron chi connectivity index (χ1n) is 6.19. The van der Waals surface area contributed by atoms with Crippen molar-refractivity contribution in [3.8, 4) is 5.75 Å². The lowest BCUT2D eigenvalue weighted by molar-refractivity contribution is 0.175. The number of rotatable bonds is 4. The summed E-state index contributed by atoms with van der Waals surface area (Å²) in [5.41, 5.74) is 2.56. The summed E-state index contributed by atoms with van der Waals surface area (Å²) >= 11 is 0. The lowest BCUT2D eigenvalue weighted by Gasteiger charge is -2.42. The van der Waals surface area contributed by atoms with Gasteiger partial charge in [0.2, 0.25) is 0 Å². The average molecular weight is 219 g/mol. The van der Waals surface area contributed by atoms with Crippen molar-refractivity contribution >= 4 is 0 Å². The van der Waals surface area contributed by atoms with E-state index in [0.717, 1.165) is 12.1 Å². The van der Waals surface area contributed by atoms with Crippen molar-refractivity contribution in [2.45, 2.75) is 51.6 Å². The van der Waals surface area contributed by atoms with Crippen LogP contribution >= 0.6 is 0 Å². The number of aromatic hydroxyl groups is 1. The fraction of sp³-hybridized carbons (Fsp3) is 0.571. The molecule has 88 valence electrons. The predicted octanol–water partition coefficient (Wildman–Crippen LogP) is 3.12. The molecule has 1 aromatic carbocycles. The Hall–Kier alpha value is -1.02. The van der Waals surface area contributed by atoms with Crippen molar-refractivity contribution in [2.24, 2.45) is 0 Å². The zero-order valence-corrected chi connectivity index (χ0v) is 10.2. The van der Waals surface area contributed by atoms with Crippen LogP contribution < -0.4 is 5.32 Å². The van der Waals surface area contributed by atoms with Crippen LogP contribution in [0.1, 0.15) is 43.7 Å². The molecule has 0 spiro atoms. The second-order valence-electron chi connectivity index (χ2n) is 4.97. The second kappa shape index (κ2) is 4.46. The van der Waals surface area contributed by atoms with Crippen molar-refractivity contribution in [1.82, 2.24) is 5.32 Å². The Labute approximate surface area is 97.7 Å². The van der Waals surface area contributed by atoms with E-state index in [0.29, 0.717) is 11.3 Å². The summed E-state index contributed by atoms with van der Waals surface area (Å²) < 4.78 is 0. The monoisotopic (exact) mass is 219 g/mol. The normalized spacial score (nSPS) is 18.1. The van der Waals surface area contributed by atoms with Gasteiger partial charge >= 0.3 is 0 Å². The van der Waals surface area contributed by atoms with Gasteiger partial charge in [-0.3, -0.25) is 0 Å². The van der Waals surface area contributed by atoms with Gasteiger partial charge in [0.25, 0.3) is 0 Å². The van der Waals surface area contributed by atoms with Crippen molar-refractivity contribution in [2.75, 3.05) is 0 Å². The van der Waals surface area contributed by atoms with E-state index in [1.54, 1.807) is 6.07 Å². The van der Waals surface area contributed by atoms with Gasteiger partial charge in [0.1, 0.15) is 5.75 Å². The van der Waals surface area contributed by atoms with E-state index in [4.69, 9.17) is 0 Å². The summed E-state index contributed by atoms with van der Waals surface area (Å²) in [6, 6.07) is 5.79. The minimum absolute atomic E-state index is 0.343. The van der Waals surface area contributed by atoms with Gasteiger partial charge < -0.3 is 10.4 Å². The molecular weight excluding hydrogens is 198 g/mol. The Morgan fingerprint density at radius 2 is 2.12 bits per heavy atom. The molecule has 0 aliphatic heterocycles. The first-order chi connectivity index (χ1) is 7.65. The summed E-state index contributed by atoms with van der Waals surface area (Å²) in [4.78, 5) is 0. The summed E-state index contributed by atoms with van der Waals surface area (Å²) in [5.74, 6) is 0.406. The molecule has 0 bridgehead atoms. The molecule has 1 fully saturated rings. The highest BCUT2D eigenvalue weighted by atomic mass is 16.3. The number of aryl methyl sites for hydroxylation is 1. The standard InChI is InChI=1S/C14H21NO/c1-3-14(7-4-8-14)15-10-12-9-11(2)5-6-13(12)16/h5-6,9,15-16H,3-4,7-8,10H2,1-2H3. The van der Waals surface area contributed by atoms with Gasteiger partial charge in [0.15, 0.2) is 0 Å². The molecule has 1 aliphatic carbocycles. The average Bonchev–Trinajstić information content (AvgIpc) is 2.22. The molecule has 16 heavy (non-hydrogen) atoms. The number of phenols is 1. The quantitative estimate of drug-likeness (QED) is 0.815. The molecule has 2 N–H and O–H groups in total. The summed E-state index contributed by atoms with van der Waals surface area (Å²) in [6.07, 6.45) is 5.06. The lowest BCUT2D eigenvalue weighted by atomic mass is 9.75. The Morgan fingerprint density at radius 3 is 2.69 bits per heavy atom. The van der Waals surface area contributed by atoms with Gasteiger partial charge in [-0.1, -0.05) is 24.6 Å². The topological polar surface area (TPSA) is 32.3 Å². The molecule has 1 aromatic rings. The Balaban J connectivity index is 2.01. The molecule has 0 atom stereocenters. The zero-order chi connectivity index (χ0) is 11.6. The maximum Gasteiger partial charge on any atom is 0.120 e. The number of hydrogen-bond acceptors (Lipinski definition) is 2. The number of nitrogens with one attached hydrogen (secondary N) is 1. The fourth-order valence-electron chi connectivity index (χ4n) is 2.40. The molecule has 0 aromatic heterocycles. The smallest absolute Gasteiger partial charge is 0.120 e. The maximum atomic E-state index is 9.76. The number of benzene rings is 1. The van der Waals surface area contributed by atoms with Crippen LogP contribution in [0.25, 0.3) is 0 Å². The predicted molar refractivity (Wildman–Crippen MR) is 66.6 cm³/mol. The SMILES string of the molecule is CCC1(NCc2cc(C)ccc2O)CCC1. The molecule has 2 nitrogen and oxygen atoms in total. The third-order valence-electron chi connectivity index (χ3n) is 3.88. The van der Waals surface area contributed by atoms with E-state index in [1.807, 2.05) is 6.07 Å². The summed E-state index contributed by atoms with van der Waals surface area (Å²) in [6.45, 7) is 5.07. The van der Waals surface area contributed by atoms with Crippen LogP contribution in [0.4, 0.5) is 0 Å². The van der Waals surface area contributed by atoms with Gasteiger partial charge in [-0.15, -0.1) is 0 Å². The first kappa shape index (κ1) is 11.5. The van der Waals surface area contributed by atoms with Gasteiger partial charge in [0.05, 0.1) is 0 Å². The van der Waals surface area contributed by atoms with Crippen molar-refractivity contribution in [3.63, 3.8) is 0 Å². The van der Waals surface area contributed by atoms with Crippen LogP contribution in [0, 0.1) is 6.92 Å². The highest BCUT2D eigenvalue weighted by Gasteiger charge is 2.34. The zero-order valence-electron chi connectivity index (χ0n) is 10.2. The molecule has 0 unspecified atom stereocenters. The highest BCUT2D eigenvalue weighted by molar-refractivity contribution is 5.35. The van der Waals surface area contributed by atoms with E-state index < -0.39 is 0 Å². The van der Waals surface area contributed by atoms with Crippen LogP contribution in [0.3, 0.4) is 0 Å². The minimum atomic E-state index is 0.343. The van der Waals surface area contributed by atoms with Crippen molar-refractivity contribution in [3.05, 3.63) is 29.3 Å². The lowest BCUT2D eigenvalue weighted by Crippen LogP contribution is -2.49. The number of phenolic OH excluding ortho intramolecular Hbond substituents is 1. The summed E-state index contributed by atoms with van der Waals surface area (Å²) in [7, 11) is 0. The number of hydrogen-bond donors (Lipinski definition) is 2. The van der Waals surface area contributed by atoms with Crippen LogP contribution in [0.2, 0.25) is 0 Å². The fourth-order valence-corrected chi connectivity index (χ4v) is 2.40. The molecule has 0 radical (unpaired) electrons. The Bertz CT molecular complexity index is 363. The largest absolute Gasteiger partial charge is 0.508 e. The molecule has 0 saturated heterocycles. The second-order valence-corrected chi connectivity index (χ2v) is 4.97. The van der Waals surface area contributed by atoms with Gasteiger partial charge in [-0.05, 0) is 38.7 Å². The molecule has 2 rings (SSSR count). The van der Waals surface area contributed by atoms with Crippen LogP contribution in [-0.2, 0) is 6.54 Å². The maximum absolute atomic E-state index is 9.76. The van der Waals surface area contributed by atoms with Crippen LogP contribution in [0.5, 0.6) is 5.75 Å². The summed E-state index contributed by atoms with van der Waals surface area (Å²) in [5, 5.41) is 13.4. The minimum Gasteiger partial charge on any atom is -0.508 e. The van der Waals surface area contributed by atoms with Gasteiger partial charge in [-0.25, -0.2) is 0 Å². The van der Waals surface area contributed by atoms with E-state index >= 15 is 0 Å². The van der Waals surface area contributed by atoms with Gasteiger partial charge in [0, 0.05) is 17.6 Å². The van der Waals surface area contributed by atoms with E-state index in [2.05, 4.69) is 25.2 Å². The van der Waals surface area contributed by atoms with E-state index in [-0.39, 0.29) is 0 Å². The van der Waals surface area contributed by atoms with Crippen LogP contribution in [-0.4, -0.2) is 10.6 Å². The van der Waals surface area contributed by atoms with Crippen molar-refractivity contribution < 1.29 is 5.11 Å². The molecule has 2 heteroatoms. The van der Waals surface area contributed by atoms with Crippen molar-refractivity contribution in [1.29, 1.82) is 0 Å². The highest BCUT2D eigenvalue weighted by Crippen LogP contribution is 2.35. The van der Waals surface area contributed by atoms with Crippen LogP contribution in [0.15, 0.2) is 18.2 Å². The molecule has 0 amide bonds. The third kappa shape index (κ3) is 2.22. The Morgan fingerprint density at radius 1 is 1.38 bits per heavy atom. The molecule has 1 aliphatic rings. The molecular formula is C14H21NO. The molecule has 0 heterocycles. The van der Waals surface area contributed by atoms with E-state index in [9.17, 15) is 5.11 Å². The first-order valence-corrected chi connectivity index (χ1v) is 6.19.